The topological polar surface area (TPSA) is 262 Å². The first-order valence-corrected chi connectivity index (χ1v) is 19.1. The third kappa shape index (κ3) is 38.5. The van der Waals surface area contributed by atoms with Crippen LogP contribution >= 0.6 is 24.0 Å². The van der Waals surface area contributed by atoms with E-state index in [0.29, 0.717) is 0 Å². The number of ether oxygens (including phenoxy) is 1. The molecule has 0 aliphatic rings. The molecule has 5 rings (SSSR count). The number of aromatic nitrogens is 6. The summed E-state index contributed by atoms with van der Waals surface area (Å²) in [4.78, 5) is 45.3. The fourth-order valence-electron chi connectivity index (χ4n) is 3.51. The third-order valence-corrected chi connectivity index (χ3v) is 6.40. The van der Waals surface area contributed by atoms with Crippen LogP contribution in [0.25, 0.3) is 6.01 Å². The third-order valence-electron chi connectivity index (χ3n) is 6.20. The van der Waals surface area contributed by atoms with Crippen molar-refractivity contribution in [1.29, 1.82) is 0 Å². The van der Waals surface area contributed by atoms with Gasteiger partial charge in [-0.3, -0.25) is 33.9 Å². The maximum Gasteiger partial charge on any atom is 1.00 e. The molecule has 0 radical (unpaired) electrons. The van der Waals surface area contributed by atoms with E-state index in [0.717, 1.165) is 31.0 Å². The van der Waals surface area contributed by atoms with E-state index < -0.39 is 11.1 Å². The number of carbonyl (C=O) groups excluding carboxylic acids is 3. The van der Waals surface area contributed by atoms with Crippen LogP contribution in [0, 0.1) is 0 Å². The van der Waals surface area contributed by atoms with E-state index in [4.69, 9.17) is 32.2 Å². The Bertz CT molecular complexity index is 1610. The van der Waals surface area contributed by atoms with Crippen molar-refractivity contribution in [2.24, 2.45) is 18.5 Å². The Morgan fingerprint density at radius 2 is 1.00 bits per heavy atom. The van der Waals surface area contributed by atoms with Gasteiger partial charge in [-0.1, -0.05) is 42.0 Å². The molecule has 0 saturated carbocycles. The SMILES string of the molecule is C.CCN.CCN.CCN(CC)CC.CCOCC.CNNC(=O)n1cccc1.CNNC(=O)n1cccc1.Cl.Cn1nc(-n2cccc2)oc1=O.O=C(Cl)n1cccc1.[Li+].[OH-]. The van der Waals surface area contributed by atoms with Gasteiger partial charge in [0, 0.05) is 83.9 Å². The van der Waals surface area contributed by atoms with E-state index in [9.17, 15) is 19.2 Å². The molecule has 5 heterocycles. The smallest absolute Gasteiger partial charge is 0.870 e. The molecule has 0 bridgehead atoms. The Labute approximate surface area is 391 Å². The molecule has 5 aromatic heterocycles. The summed E-state index contributed by atoms with van der Waals surface area (Å²) in [5.41, 5.74) is 19.6. The van der Waals surface area contributed by atoms with Crippen molar-refractivity contribution >= 4 is 41.4 Å². The van der Waals surface area contributed by atoms with Crippen molar-refractivity contribution < 1.29 is 47.9 Å². The fourth-order valence-corrected chi connectivity index (χ4v) is 3.62. The first kappa shape index (κ1) is 72.0. The minimum absolute atomic E-state index is 0. The van der Waals surface area contributed by atoms with Gasteiger partial charge in [-0.2, -0.15) is 4.68 Å². The van der Waals surface area contributed by atoms with Gasteiger partial charge in [0.05, 0.1) is 0 Å². The molecule has 0 aliphatic heterocycles. The number of halogens is 2. The molecule has 0 aromatic carbocycles. The Morgan fingerprint density at radius 3 is 1.19 bits per heavy atom. The zero-order valence-electron chi connectivity index (χ0n) is 37.7. The summed E-state index contributed by atoms with van der Waals surface area (Å²) in [5, 5.41) is 3.38. The quantitative estimate of drug-likeness (QED) is 0.0744. The second kappa shape index (κ2) is 50.9. The number of amides is 2. The maximum atomic E-state index is 10.9. The largest absolute Gasteiger partial charge is 1.00 e. The number of nitrogens with one attached hydrogen (secondary N) is 4. The number of hydrogen-bond acceptors (Lipinski definition) is 13. The fraction of sp³-hybridized carbons (Fsp3) is 0.462. The van der Waals surface area contributed by atoms with E-state index in [1.165, 1.54) is 33.3 Å². The molecule has 2 amide bonds. The van der Waals surface area contributed by atoms with Gasteiger partial charge in [0.15, 0.2) is 0 Å². The monoisotopic (exact) mass is 914 g/mol. The Morgan fingerprint density at radius 1 is 0.694 bits per heavy atom. The minimum atomic E-state index is -0.477. The molecule has 9 N–H and O–H groups in total. The average molecular weight is 915 g/mol. The molecular formula is C39H74Cl2LiN13O7. The van der Waals surface area contributed by atoms with Crippen molar-refractivity contribution in [3.05, 3.63) is 109 Å². The molecule has 0 fully saturated rings. The summed E-state index contributed by atoms with van der Waals surface area (Å²) in [5.74, 6) is -0.460. The summed E-state index contributed by atoms with van der Waals surface area (Å²) in [6, 6.07) is 14.2. The normalized spacial score (nSPS) is 8.61. The molecule has 352 valence electrons. The molecule has 0 spiro atoms. The van der Waals surface area contributed by atoms with Crippen LogP contribution in [0.3, 0.4) is 0 Å². The minimum Gasteiger partial charge on any atom is -0.870 e. The predicted molar refractivity (Wildman–Crippen MR) is 248 cm³/mol. The average Bonchev–Trinajstić information content (AvgIpc) is 4.07. The standard InChI is InChI=1S/C7H7N3O2.2C6H9N3O.C6H15N.C5H4ClNO.C4H10O.2C2H7N.CH4.ClH.Li.H2O/c1-9-7(11)12-6(8-9)10-4-2-3-5-10;2*1-7-8-6(10)9-4-2-3-5-9;1-4-7(5-2)6-3;6-5(8)7-3-1-2-4-7;1-3-5-4-2;2*1-2-3;;;;/h2-5H,1H3;2*2-5,7H,1H3,(H,8,10);4-6H2,1-3H3;1-4H;3-4H2,1-2H3;2*2-3H2,1H3;1H4;1H;;1H2/q;;;;;;;;;;+1;/p-1. The van der Waals surface area contributed by atoms with E-state index in [1.807, 2.05) is 39.8 Å². The van der Waals surface area contributed by atoms with Crippen LogP contribution in [0.5, 0.6) is 0 Å². The van der Waals surface area contributed by atoms with Gasteiger partial charge in [-0.15, -0.1) is 17.5 Å². The van der Waals surface area contributed by atoms with Gasteiger partial charge in [0.2, 0.25) is 0 Å². The van der Waals surface area contributed by atoms with Gasteiger partial charge < -0.3 is 31.0 Å². The number of aryl methyl sites for hydroxylation is 1. The van der Waals surface area contributed by atoms with E-state index in [-0.39, 0.29) is 62.2 Å². The summed E-state index contributed by atoms with van der Waals surface area (Å²) in [6.45, 7) is 21.1. The van der Waals surface area contributed by atoms with Gasteiger partial charge in [0.1, 0.15) is 0 Å². The number of nitrogens with zero attached hydrogens (tertiary/aromatic N) is 7. The van der Waals surface area contributed by atoms with Crippen molar-refractivity contribution in [2.45, 2.75) is 55.9 Å². The molecule has 23 heteroatoms. The van der Waals surface area contributed by atoms with Crippen LogP contribution in [0.2, 0.25) is 0 Å². The summed E-state index contributed by atoms with van der Waals surface area (Å²) in [6.07, 6.45) is 13.4. The molecule has 20 nitrogen and oxygen atoms in total. The van der Waals surface area contributed by atoms with Crippen molar-refractivity contribution in [3.8, 4) is 6.01 Å². The molecule has 5 aromatic rings. The second-order valence-electron chi connectivity index (χ2n) is 10.5. The zero-order valence-corrected chi connectivity index (χ0v) is 39.2. The van der Waals surface area contributed by atoms with Crippen molar-refractivity contribution in [2.75, 3.05) is 60.0 Å². The molecule has 0 unspecified atom stereocenters. The predicted octanol–water partition coefficient (Wildman–Crippen LogP) is 2.43. The van der Waals surface area contributed by atoms with E-state index >= 15 is 0 Å². The van der Waals surface area contributed by atoms with Gasteiger partial charge in [-0.05, 0) is 107 Å². The second-order valence-corrected chi connectivity index (χ2v) is 10.8. The van der Waals surface area contributed by atoms with Gasteiger partial charge >= 0.3 is 48.1 Å². The summed E-state index contributed by atoms with van der Waals surface area (Å²) in [7, 11) is 4.82. The first-order valence-electron chi connectivity index (χ1n) is 18.8. The number of rotatable bonds is 8. The van der Waals surface area contributed by atoms with Crippen molar-refractivity contribution in [1.82, 2.24) is 54.7 Å². The number of hydrogen-bond donors (Lipinski definition) is 6. The van der Waals surface area contributed by atoms with Crippen LogP contribution in [-0.4, -0.2) is 116 Å². The van der Waals surface area contributed by atoms with Crippen LogP contribution in [0.15, 0.2) is 107 Å². The Balaban J connectivity index is -0.000000114. The molecule has 0 aliphatic carbocycles. The Kier molecular flexibility index (Phi) is 59.2. The van der Waals surface area contributed by atoms with Crippen LogP contribution in [-0.2, 0) is 11.8 Å². The first-order chi connectivity index (χ1) is 27.8. The molecular weight excluding hydrogens is 840 g/mol. The maximum absolute atomic E-state index is 10.9. The van der Waals surface area contributed by atoms with E-state index in [1.54, 1.807) is 112 Å². The van der Waals surface area contributed by atoms with E-state index in [2.05, 4.69) is 52.5 Å². The van der Waals surface area contributed by atoms with Gasteiger partial charge in [-0.25, -0.2) is 25.2 Å². The number of nitrogens with two attached hydrogens (primary N) is 2. The number of hydrazine groups is 2. The molecule has 0 atom stereocenters. The van der Waals surface area contributed by atoms with Crippen molar-refractivity contribution in [3.63, 3.8) is 0 Å². The molecule has 0 saturated heterocycles. The van der Waals surface area contributed by atoms with Crippen LogP contribution in [0.1, 0.15) is 55.9 Å². The summed E-state index contributed by atoms with van der Waals surface area (Å²) < 4.78 is 16.6. The van der Waals surface area contributed by atoms with Crippen LogP contribution in [0.4, 0.5) is 14.4 Å². The van der Waals surface area contributed by atoms with Crippen LogP contribution < -0.4 is 57.8 Å². The Hall–Kier alpha value is -4.43. The van der Waals surface area contributed by atoms with Gasteiger partial charge in [0.25, 0.3) is 0 Å². The number of carbonyl (C=O) groups is 3. The zero-order chi connectivity index (χ0) is 44.6. The molecule has 62 heavy (non-hydrogen) atoms. The summed E-state index contributed by atoms with van der Waals surface area (Å²) >= 11 is 5.07.